The highest BCUT2D eigenvalue weighted by Crippen LogP contribution is 2.30. The zero-order chi connectivity index (χ0) is 14.8. The lowest BCUT2D eigenvalue weighted by molar-refractivity contribution is 0.0571. The lowest BCUT2D eigenvalue weighted by atomic mass is 9.92. The summed E-state index contributed by atoms with van der Waals surface area (Å²) in [6.07, 6.45) is 0.738. The highest BCUT2D eigenvalue weighted by molar-refractivity contribution is 5.89. The van der Waals surface area contributed by atoms with E-state index in [9.17, 15) is 4.79 Å². The summed E-state index contributed by atoms with van der Waals surface area (Å²) in [7, 11) is 1.94. The number of ether oxygens (including phenoxy) is 1. The van der Waals surface area contributed by atoms with Gasteiger partial charge in [0.05, 0.1) is 5.69 Å². The van der Waals surface area contributed by atoms with Crippen LogP contribution in [0, 0.1) is 5.92 Å². The Morgan fingerprint density at radius 1 is 1.40 bits per heavy atom. The molecule has 0 aliphatic carbocycles. The van der Waals surface area contributed by atoms with Crippen LogP contribution in [-0.2, 0) is 11.2 Å². The van der Waals surface area contributed by atoms with Gasteiger partial charge in [-0.1, -0.05) is 18.2 Å². The van der Waals surface area contributed by atoms with Crippen LogP contribution < -0.4 is 10.2 Å². The molecule has 1 aliphatic heterocycles. The van der Waals surface area contributed by atoms with E-state index in [0.717, 1.165) is 18.7 Å². The van der Waals surface area contributed by atoms with E-state index in [1.54, 1.807) is 4.90 Å². The largest absolute Gasteiger partial charge is 0.443 e. The van der Waals surface area contributed by atoms with Gasteiger partial charge in [0.25, 0.3) is 0 Å². The first-order chi connectivity index (χ1) is 9.40. The fourth-order valence-electron chi connectivity index (χ4n) is 2.59. The SMILES string of the molecule is CNCC1Cc2ccccc2N(C(=O)OC(C)(C)C)C1. The Morgan fingerprint density at radius 3 is 2.75 bits per heavy atom. The molecule has 0 fully saturated rings. The molecule has 1 aromatic carbocycles. The molecule has 1 N–H and O–H groups in total. The minimum atomic E-state index is -0.470. The van der Waals surface area contributed by atoms with Crippen molar-refractivity contribution in [3.63, 3.8) is 0 Å². The molecule has 0 radical (unpaired) electrons. The van der Waals surface area contributed by atoms with Crippen molar-refractivity contribution in [2.24, 2.45) is 5.92 Å². The van der Waals surface area contributed by atoms with Crippen molar-refractivity contribution in [2.45, 2.75) is 32.8 Å². The van der Waals surface area contributed by atoms with Crippen LogP contribution in [0.25, 0.3) is 0 Å². The summed E-state index contributed by atoms with van der Waals surface area (Å²) in [5, 5.41) is 3.20. The number of carbonyl (C=O) groups is 1. The highest BCUT2D eigenvalue weighted by Gasteiger charge is 2.30. The van der Waals surface area contributed by atoms with E-state index in [1.165, 1.54) is 5.56 Å². The molecular weight excluding hydrogens is 252 g/mol. The molecule has 0 saturated heterocycles. The van der Waals surface area contributed by atoms with Gasteiger partial charge in [-0.25, -0.2) is 4.79 Å². The van der Waals surface area contributed by atoms with Gasteiger partial charge in [-0.3, -0.25) is 4.90 Å². The molecule has 0 bridgehead atoms. The first kappa shape index (κ1) is 14.9. The maximum atomic E-state index is 12.4. The van der Waals surface area contributed by atoms with Gasteiger partial charge < -0.3 is 10.1 Å². The number of anilines is 1. The number of benzene rings is 1. The van der Waals surface area contributed by atoms with E-state index in [2.05, 4.69) is 11.4 Å². The Morgan fingerprint density at radius 2 is 2.10 bits per heavy atom. The lowest BCUT2D eigenvalue weighted by Gasteiger charge is -2.35. The van der Waals surface area contributed by atoms with Crippen molar-refractivity contribution in [3.05, 3.63) is 29.8 Å². The molecule has 0 saturated carbocycles. The van der Waals surface area contributed by atoms with Crippen LogP contribution in [0.4, 0.5) is 10.5 Å². The summed E-state index contributed by atoms with van der Waals surface area (Å²) < 4.78 is 5.53. The Labute approximate surface area is 121 Å². The Hall–Kier alpha value is -1.55. The number of hydrogen-bond donors (Lipinski definition) is 1. The number of rotatable bonds is 2. The molecule has 1 heterocycles. The Kier molecular flexibility index (Phi) is 4.33. The third-order valence-corrected chi connectivity index (χ3v) is 3.34. The molecule has 0 aromatic heterocycles. The number of carbonyl (C=O) groups excluding carboxylic acids is 1. The molecule has 4 heteroatoms. The topological polar surface area (TPSA) is 41.6 Å². The second-order valence-corrected chi connectivity index (χ2v) is 6.35. The van der Waals surface area contributed by atoms with Crippen LogP contribution in [0.2, 0.25) is 0 Å². The molecule has 4 nitrogen and oxygen atoms in total. The molecule has 1 unspecified atom stereocenters. The number of nitrogens with zero attached hydrogens (tertiary/aromatic N) is 1. The summed E-state index contributed by atoms with van der Waals surface area (Å²) in [5.41, 5.74) is 1.72. The van der Waals surface area contributed by atoms with E-state index in [4.69, 9.17) is 4.74 Å². The number of nitrogens with one attached hydrogen (secondary N) is 1. The third-order valence-electron chi connectivity index (χ3n) is 3.34. The first-order valence-corrected chi connectivity index (χ1v) is 7.14. The van der Waals surface area contributed by atoms with Gasteiger partial charge in [-0.2, -0.15) is 0 Å². The Bertz CT molecular complexity index is 480. The summed E-state index contributed by atoms with van der Waals surface area (Å²) in [5.74, 6) is 0.419. The van der Waals surface area contributed by atoms with Crippen molar-refractivity contribution < 1.29 is 9.53 Å². The summed E-state index contributed by atoms with van der Waals surface area (Å²) >= 11 is 0. The average molecular weight is 276 g/mol. The molecule has 2 rings (SSSR count). The maximum absolute atomic E-state index is 12.4. The van der Waals surface area contributed by atoms with Crippen molar-refractivity contribution in [1.29, 1.82) is 0 Å². The molecule has 1 aromatic rings. The van der Waals surface area contributed by atoms with Crippen LogP contribution in [0.5, 0.6) is 0 Å². The molecule has 20 heavy (non-hydrogen) atoms. The van der Waals surface area contributed by atoms with Gasteiger partial charge in [-0.15, -0.1) is 0 Å². The summed E-state index contributed by atoms with van der Waals surface area (Å²) in [6, 6.07) is 8.08. The van der Waals surface area contributed by atoms with Crippen LogP contribution >= 0.6 is 0 Å². The van der Waals surface area contributed by atoms with Gasteiger partial charge in [0, 0.05) is 6.54 Å². The van der Waals surface area contributed by atoms with Gasteiger partial charge in [0.2, 0.25) is 0 Å². The average Bonchev–Trinajstić information content (AvgIpc) is 2.36. The van der Waals surface area contributed by atoms with Gasteiger partial charge >= 0.3 is 6.09 Å². The van der Waals surface area contributed by atoms with Gasteiger partial charge in [0.15, 0.2) is 0 Å². The van der Waals surface area contributed by atoms with Crippen LogP contribution in [0.3, 0.4) is 0 Å². The van der Waals surface area contributed by atoms with E-state index >= 15 is 0 Å². The lowest BCUT2D eigenvalue weighted by Crippen LogP contribution is -2.45. The fraction of sp³-hybridized carbons (Fsp3) is 0.562. The molecule has 0 spiro atoms. The number of para-hydroxylation sites is 1. The van der Waals surface area contributed by atoms with Crippen molar-refractivity contribution >= 4 is 11.8 Å². The van der Waals surface area contributed by atoms with Crippen LogP contribution in [0.1, 0.15) is 26.3 Å². The zero-order valence-corrected chi connectivity index (χ0v) is 12.8. The van der Waals surface area contributed by atoms with E-state index in [-0.39, 0.29) is 6.09 Å². The minimum absolute atomic E-state index is 0.259. The molecule has 110 valence electrons. The predicted octanol–water partition coefficient (Wildman–Crippen LogP) is 2.82. The second-order valence-electron chi connectivity index (χ2n) is 6.35. The van der Waals surface area contributed by atoms with Crippen molar-refractivity contribution in [1.82, 2.24) is 5.32 Å². The second kappa shape index (κ2) is 5.83. The standard InChI is InChI=1S/C16H24N2O2/c1-16(2,3)20-15(19)18-11-12(10-17-4)9-13-7-5-6-8-14(13)18/h5-8,12,17H,9-11H2,1-4H3. The minimum Gasteiger partial charge on any atom is -0.443 e. The van der Waals surface area contributed by atoms with Gasteiger partial charge in [-0.05, 0) is 58.3 Å². The number of amides is 1. The molecule has 1 amide bonds. The van der Waals surface area contributed by atoms with Gasteiger partial charge in [0.1, 0.15) is 5.60 Å². The summed E-state index contributed by atoms with van der Waals surface area (Å²) in [6.45, 7) is 7.28. The smallest absolute Gasteiger partial charge is 0.414 e. The monoisotopic (exact) mass is 276 g/mol. The zero-order valence-electron chi connectivity index (χ0n) is 12.8. The van der Waals surface area contributed by atoms with E-state index < -0.39 is 5.60 Å². The fourth-order valence-corrected chi connectivity index (χ4v) is 2.59. The van der Waals surface area contributed by atoms with Crippen LogP contribution in [-0.4, -0.2) is 31.8 Å². The quantitative estimate of drug-likeness (QED) is 0.903. The summed E-state index contributed by atoms with van der Waals surface area (Å²) in [4.78, 5) is 14.2. The highest BCUT2D eigenvalue weighted by atomic mass is 16.6. The first-order valence-electron chi connectivity index (χ1n) is 7.14. The van der Waals surface area contributed by atoms with E-state index in [0.29, 0.717) is 12.5 Å². The van der Waals surface area contributed by atoms with Crippen LogP contribution in [0.15, 0.2) is 24.3 Å². The maximum Gasteiger partial charge on any atom is 0.414 e. The third kappa shape index (κ3) is 3.51. The Balaban J connectivity index is 2.24. The van der Waals surface area contributed by atoms with Crippen molar-refractivity contribution in [2.75, 3.05) is 25.0 Å². The number of hydrogen-bond acceptors (Lipinski definition) is 3. The number of fused-ring (bicyclic) bond motifs is 1. The predicted molar refractivity (Wildman–Crippen MR) is 81.1 cm³/mol. The normalized spacial score (nSPS) is 18.6. The van der Waals surface area contributed by atoms with E-state index in [1.807, 2.05) is 46.0 Å². The molecule has 1 aliphatic rings. The molecule has 1 atom stereocenters. The van der Waals surface area contributed by atoms with Crippen molar-refractivity contribution in [3.8, 4) is 0 Å². The molecular formula is C16H24N2O2.